The minimum atomic E-state index is -1.11. The fourth-order valence-electron chi connectivity index (χ4n) is 2.00. The molecule has 0 fully saturated rings. The smallest absolute Gasteiger partial charge is 0.341 e. The lowest BCUT2D eigenvalue weighted by Crippen LogP contribution is -2.10. The molecule has 0 aliphatic heterocycles. The Kier molecular flexibility index (Phi) is 6.44. The molecule has 0 amide bonds. The highest BCUT2D eigenvalue weighted by molar-refractivity contribution is 6.37. The summed E-state index contributed by atoms with van der Waals surface area (Å²) in [6.07, 6.45) is 2.88. The average Bonchev–Trinajstić information content (AvgIpc) is 2.59. The molecule has 0 bridgehead atoms. The number of carboxylic acids is 1. The molecule has 7 heteroatoms. The van der Waals surface area contributed by atoms with Gasteiger partial charge in [0.05, 0.1) is 7.11 Å². The second-order valence-electron chi connectivity index (χ2n) is 4.88. The van der Waals surface area contributed by atoms with Gasteiger partial charge < -0.3 is 14.6 Å². The summed E-state index contributed by atoms with van der Waals surface area (Å²) in [6, 6.07) is 9.53. The van der Waals surface area contributed by atoms with E-state index in [1.54, 1.807) is 18.2 Å². The molecule has 0 spiro atoms. The van der Waals surface area contributed by atoms with Crippen molar-refractivity contribution < 1.29 is 24.2 Å². The van der Waals surface area contributed by atoms with Crippen LogP contribution in [-0.4, -0.2) is 30.6 Å². The number of carbonyl (C=O) groups excluding carboxylic acids is 1. The molecule has 25 heavy (non-hydrogen) atoms. The van der Waals surface area contributed by atoms with E-state index in [-0.39, 0.29) is 17.3 Å². The van der Waals surface area contributed by atoms with Gasteiger partial charge in [0.15, 0.2) is 23.9 Å². The summed E-state index contributed by atoms with van der Waals surface area (Å²) >= 11 is 12.1. The molecule has 2 aromatic carbocycles. The molecule has 0 unspecified atom stereocenters. The number of hydrogen-bond acceptors (Lipinski definition) is 4. The predicted molar refractivity (Wildman–Crippen MR) is 96.0 cm³/mol. The zero-order valence-corrected chi connectivity index (χ0v) is 14.7. The van der Waals surface area contributed by atoms with Crippen molar-refractivity contribution in [1.29, 1.82) is 0 Å². The van der Waals surface area contributed by atoms with E-state index in [2.05, 4.69) is 0 Å². The topological polar surface area (TPSA) is 72.8 Å². The average molecular weight is 381 g/mol. The number of carbonyl (C=O) groups is 2. The minimum absolute atomic E-state index is 0.236. The molecule has 0 aliphatic rings. The fraction of sp³-hybridized carbons (Fsp3) is 0.111. The SMILES string of the molecule is COc1cc(C(=O)/C=C/c2c(Cl)cccc2Cl)ccc1OCC(=O)O. The van der Waals surface area contributed by atoms with Crippen molar-refractivity contribution in [3.63, 3.8) is 0 Å². The number of aliphatic carboxylic acids is 1. The molecule has 0 aliphatic carbocycles. The third-order valence-electron chi connectivity index (χ3n) is 3.20. The van der Waals surface area contributed by atoms with Crippen molar-refractivity contribution in [2.24, 2.45) is 0 Å². The van der Waals surface area contributed by atoms with E-state index >= 15 is 0 Å². The van der Waals surface area contributed by atoms with Crippen LogP contribution in [0.1, 0.15) is 15.9 Å². The molecule has 0 heterocycles. The quantitative estimate of drug-likeness (QED) is 0.570. The third kappa shape index (κ3) is 4.98. The zero-order valence-electron chi connectivity index (χ0n) is 13.2. The first-order valence-corrected chi connectivity index (χ1v) is 7.87. The van der Waals surface area contributed by atoms with E-state index in [0.717, 1.165) is 0 Å². The summed E-state index contributed by atoms with van der Waals surface area (Å²) in [6.45, 7) is -0.505. The summed E-state index contributed by atoms with van der Waals surface area (Å²) < 4.78 is 10.2. The summed E-state index contributed by atoms with van der Waals surface area (Å²) in [5.41, 5.74) is 0.895. The highest BCUT2D eigenvalue weighted by Crippen LogP contribution is 2.29. The fourth-order valence-corrected chi connectivity index (χ4v) is 2.53. The van der Waals surface area contributed by atoms with Crippen LogP contribution in [0.3, 0.4) is 0 Å². The van der Waals surface area contributed by atoms with Crippen LogP contribution in [0, 0.1) is 0 Å². The first-order chi connectivity index (χ1) is 11.9. The lowest BCUT2D eigenvalue weighted by Gasteiger charge is -2.10. The Morgan fingerprint density at radius 2 is 1.80 bits per heavy atom. The van der Waals surface area contributed by atoms with Gasteiger partial charge in [-0.05, 0) is 42.5 Å². The van der Waals surface area contributed by atoms with E-state index in [1.807, 2.05) is 0 Å². The highest BCUT2D eigenvalue weighted by atomic mass is 35.5. The third-order valence-corrected chi connectivity index (χ3v) is 3.86. The summed E-state index contributed by atoms with van der Waals surface area (Å²) in [5, 5.41) is 9.53. The molecule has 0 atom stereocenters. The number of benzene rings is 2. The Labute approximate surface area is 154 Å². The van der Waals surface area contributed by atoms with Crippen molar-refractivity contribution >= 4 is 41.0 Å². The van der Waals surface area contributed by atoms with Crippen molar-refractivity contribution in [2.75, 3.05) is 13.7 Å². The highest BCUT2D eigenvalue weighted by Gasteiger charge is 2.11. The van der Waals surface area contributed by atoms with Gasteiger partial charge in [0.2, 0.25) is 0 Å². The van der Waals surface area contributed by atoms with E-state index < -0.39 is 12.6 Å². The summed E-state index contributed by atoms with van der Waals surface area (Å²) in [4.78, 5) is 22.9. The van der Waals surface area contributed by atoms with Gasteiger partial charge in [-0.2, -0.15) is 0 Å². The van der Waals surface area contributed by atoms with Crippen molar-refractivity contribution in [3.8, 4) is 11.5 Å². The number of methoxy groups -OCH3 is 1. The lowest BCUT2D eigenvalue weighted by molar-refractivity contribution is -0.139. The maximum atomic E-state index is 12.3. The van der Waals surface area contributed by atoms with Gasteiger partial charge in [-0.1, -0.05) is 29.3 Å². The largest absolute Gasteiger partial charge is 0.493 e. The Morgan fingerprint density at radius 1 is 1.12 bits per heavy atom. The maximum Gasteiger partial charge on any atom is 0.341 e. The van der Waals surface area contributed by atoms with Crippen LogP contribution in [0.15, 0.2) is 42.5 Å². The van der Waals surface area contributed by atoms with Crippen molar-refractivity contribution in [2.45, 2.75) is 0 Å². The molecule has 0 aromatic heterocycles. The van der Waals surface area contributed by atoms with E-state index in [9.17, 15) is 9.59 Å². The number of allylic oxidation sites excluding steroid dienone is 1. The van der Waals surface area contributed by atoms with Gasteiger partial charge in [0.1, 0.15) is 0 Å². The lowest BCUT2D eigenvalue weighted by atomic mass is 10.1. The van der Waals surface area contributed by atoms with Crippen LogP contribution >= 0.6 is 23.2 Å². The number of ether oxygens (including phenoxy) is 2. The number of rotatable bonds is 7. The summed E-state index contributed by atoms with van der Waals surface area (Å²) in [5.74, 6) is -0.906. The first kappa shape index (κ1) is 18.8. The Morgan fingerprint density at radius 3 is 2.40 bits per heavy atom. The van der Waals surface area contributed by atoms with Gasteiger partial charge in [0.25, 0.3) is 0 Å². The summed E-state index contributed by atoms with van der Waals surface area (Å²) in [7, 11) is 1.40. The molecular weight excluding hydrogens is 367 g/mol. The molecule has 2 rings (SSSR count). The number of hydrogen-bond donors (Lipinski definition) is 1. The Balaban J connectivity index is 2.22. The van der Waals surface area contributed by atoms with Gasteiger partial charge >= 0.3 is 5.97 Å². The van der Waals surface area contributed by atoms with Crippen molar-refractivity contribution in [1.82, 2.24) is 0 Å². The maximum absolute atomic E-state index is 12.3. The monoisotopic (exact) mass is 380 g/mol. The minimum Gasteiger partial charge on any atom is -0.493 e. The van der Waals surface area contributed by atoms with E-state index in [4.69, 9.17) is 37.8 Å². The van der Waals surface area contributed by atoms with Crippen LogP contribution in [0.4, 0.5) is 0 Å². The first-order valence-electron chi connectivity index (χ1n) is 7.11. The van der Waals surface area contributed by atoms with Crippen LogP contribution in [0.5, 0.6) is 11.5 Å². The van der Waals surface area contributed by atoms with E-state index in [0.29, 0.717) is 21.2 Å². The number of carboxylic acid groups (broad SMARTS) is 1. The Bertz CT molecular complexity index is 810. The second kappa shape index (κ2) is 8.55. The van der Waals surface area contributed by atoms with Gasteiger partial charge in [-0.3, -0.25) is 4.79 Å². The second-order valence-corrected chi connectivity index (χ2v) is 5.70. The number of halogens is 2. The zero-order chi connectivity index (χ0) is 18.4. The van der Waals surface area contributed by atoms with Crippen LogP contribution in [0.2, 0.25) is 10.0 Å². The van der Waals surface area contributed by atoms with Crippen LogP contribution in [0.25, 0.3) is 6.08 Å². The molecule has 1 N–H and O–H groups in total. The Hall–Kier alpha value is -2.50. The number of ketones is 1. The normalized spacial score (nSPS) is 10.7. The van der Waals surface area contributed by atoms with Crippen molar-refractivity contribution in [3.05, 3.63) is 63.6 Å². The molecule has 5 nitrogen and oxygen atoms in total. The molecule has 130 valence electrons. The molecule has 0 saturated heterocycles. The molecule has 2 aromatic rings. The van der Waals surface area contributed by atoms with Gasteiger partial charge in [-0.15, -0.1) is 0 Å². The standard InChI is InChI=1S/C18H14Cl2O5/c1-24-17-9-11(5-8-16(17)25-10-18(22)23)15(21)7-6-12-13(19)3-2-4-14(12)20/h2-9H,10H2,1H3,(H,22,23)/b7-6+. The predicted octanol–water partition coefficient (Wildman–Crippen LogP) is 4.36. The van der Waals surface area contributed by atoms with Gasteiger partial charge in [0, 0.05) is 21.2 Å². The van der Waals surface area contributed by atoms with E-state index in [1.165, 1.54) is 37.5 Å². The van der Waals surface area contributed by atoms with Crippen LogP contribution in [-0.2, 0) is 4.79 Å². The van der Waals surface area contributed by atoms with Gasteiger partial charge in [-0.25, -0.2) is 4.79 Å². The molecule has 0 radical (unpaired) electrons. The molecule has 0 saturated carbocycles. The molecular formula is C18H14Cl2O5. The van der Waals surface area contributed by atoms with Crippen LogP contribution < -0.4 is 9.47 Å².